The second-order valence-corrected chi connectivity index (χ2v) is 8.62. The molecular formula is C25H24FN3O3. The van der Waals surface area contributed by atoms with Crippen molar-refractivity contribution in [2.45, 2.75) is 25.4 Å². The first-order valence-corrected chi connectivity index (χ1v) is 10.8. The van der Waals surface area contributed by atoms with E-state index in [1.54, 1.807) is 24.3 Å². The number of benzene rings is 2. The van der Waals surface area contributed by atoms with Gasteiger partial charge < -0.3 is 19.9 Å². The SMILES string of the molecule is O=C(O)c1ccc(N2CC3CC(C2)c2cccc(=O)n2C3)c(NCc2cccc(F)c2)c1. The molecular weight excluding hydrogens is 409 g/mol. The van der Waals surface area contributed by atoms with Gasteiger partial charge in [-0.25, -0.2) is 9.18 Å². The van der Waals surface area contributed by atoms with Gasteiger partial charge in [0.05, 0.1) is 16.9 Å². The number of aromatic nitrogens is 1. The smallest absolute Gasteiger partial charge is 0.335 e. The highest BCUT2D eigenvalue weighted by molar-refractivity contribution is 5.91. The molecule has 2 bridgehead atoms. The first-order valence-electron chi connectivity index (χ1n) is 10.8. The third-order valence-corrected chi connectivity index (χ3v) is 6.44. The molecule has 6 nitrogen and oxygen atoms in total. The molecule has 2 N–H and O–H groups in total. The lowest BCUT2D eigenvalue weighted by Crippen LogP contribution is -2.47. The molecule has 164 valence electrons. The van der Waals surface area contributed by atoms with Crippen LogP contribution in [0.25, 0.3) is 0 Å². The van der Waals surface area contributed by atoms with Crippen LogP contribution in [0.4, 0.5) is 15.8 Å². The number of nitrogens with zero attached hydrogens (tertiary/aromatic N) is 2. The van der Waals surface area contributed by atoms with E-state index in [-0.39, 0.29) is 22.9 Å². The van der Waals surface area contributed by atoms with Crippen molar-refractivity contribution >= 4 is 17.3 Å². The molecule has 0 spiro atoms. The van der Waals surface area contributed by atoms with Crippen LogP contribution >= 0.6 is 0 Å². The number of pyridine rings is 1. The number of carbonyl (C=O) groups is 1. The molecule has 0 aliphatic carbocycles. The maximum absolute atomic E-state index is 13.6. The highest BCUT2D eigenvalue weighted by Gasteiger charge is 2.35. The molecule has 0 amide bonds. The number of nitrogens with one attached hydrogen (secondary N) is 1. The summed E-state index contributed by atoms with van der Waals surface area (Å²) < 4.78 is 15.5. The standard InChI is InChI=1S/C25H24FN3O3/c26-20-4-1-3-16(10-20)12-27-21-11-18(25(31)32)7-8-23(21)28-13-17-9-19(15-28)22-5-2-6-24(30)29(22)14-17/h1-8,10-11,17,19,27H,9,12-15H2,(H,31,32). The van der Waals surface area contributed by atoms with Crippen molar-refractivity contribution < 1.29 is 14.3 Å². The molecule has 5 rings (SSSR count). The minimum Gasteiger partial charge on any atom is -0.478 e. The van der Waals surface area contributed by atoms with Gasteiger partial charge in [-0.05, 0) is 54.3 Å². The lowest BCUT2D eigenvalue weighted by Gasteiger charge is -2.44. The topological polar surface area (TPSA) is 74.6 Å². The zero-order valence-electron chi connectivity index (χ0n) is 17.5. The van der Waals surface area contributed by atoms with Crippen LogP contribution in [0.3, 0.4) is 0 Å². The molecule has 2 atom stereocenters. The van der Waals surface area contributed by atoms with E-state index in [9.17, 15) is 19.1 Å². The van der Waals surface area contributed by atoms with Crippen LogP contribution < -0.4 is 15.8 Å². The molecule has 2 unspecified atom stereocenters. The van der Waals surface area contributed by atoms with Gasteiger partial charge in [0.15, 0.2) is 0 Å². The number of rotatable bonds is 5. The van der Waals surface area contributed by atoms with E-state index >= 15 is 0 Å². The monoisotopic (exact) mass is 433 g/mol. The summed E-state index contributed by atoms with van der Waals surface area (Å²) in [7, 11) is 0. The van der Waals surface area contributed by atoms with Crippen molar-refractivity contribution in [2.75, 3.05) is 23.3 Å². The van der Waals surface area contributed by atoms with Gasteiger partial charge in [-0.2, -0.15) is 0 Å². The average molecular weight is 433 g/mol. The second-order valence-electron chi connectivity index (χ2n) is 8.62. The van der Waals surface area contributed by atoms with Crippen molar-refractivity contribution in [3.8, 4) is 0 Å². The number of carboxylic acids is 1. The van der Waals surface area contributed by atoms with Crippen molar-refractivity contribution in [2.24, 2.45) is 5.92 Å². The molecule has 3 heterocycles. The Labute approximate surface area is 184 Å². The van der Waals surface area contributed by atoms with E-state index in [1.165, 1.54) is 12.1 Å². The zero-order valence-corrected chi connectivity index (χ0v) is 17.5. The molecule has 0 radical (unpaired) electrons. The summed E-state index contributed by atoms with van der Waals surface area (Å²) in [4.78, 5) is 26.1. The molecule has 1 aromatic heterocycles. The third kappa shape index (κ3) is 3.86. The summed E-state index contributed by atoms with van der Waals surface area (Å²) in [5.41, 5.74) is 3.72. The Kier molecular flexibility index (Phi) is 5.17. The minimum atomic E-state index is -0.992. The van der Waals surface area contributed by atoms with Gasteiger partial charge in [-0.1, -0.05) is 18.2 Å². The number of hydrogen-bond donors (Lipinski definition) is 2. The Morgan fingerprint density at radius 2 is 1.91 bits per heavy atom. The van der Waals surface area contributed by atoms with Gasteiger partial charge in [0.25, 0.3) is 5.56 Å². The quantitative estimate of drug-likeness (QED) is 0.638. The summed E-state index contributed by atoms with van der Waals surface area (Å²) in [6, 6.07) is 16.9. The summed E-state index contributed by atoms with van der Waals surface area (Å²) in [6.07, 6.45) is 1.04. The number of piperidine rings is 1. The molecule has 3 aromatic rings. The van der Waals surface area contributed by atoms with Gasteiger partial charge in [-0.3, -0.25) is 4.79 Å². The largest absolute Gasteiger partial charge is 0.478 e. The highest BCUT2D eigenvalue weighted by atomic mass is 19.1. The van der Waals surface area contributed by atoms with Crippen LogP contribution in [-0.4, -0.2) is 28.7 Å². The van der Waals surface area contributed by atoms with Crippen LogP contribution in [0.1, 0.15) is 34.0 Å². The predicted molar refractivity (Wildman–Crippen MR) is 121 cm³/mol. The summed E-state index contributed by atoms with van der Waals surface area (Å²) in [5, 5.41) is 12.8. The van der Waals surface area contributed by atoms with Gasteiger partial charge in [0.2, 0.25) is 0 Å². The third-order valence-electron chi connectivity index (χ3n) is 6.44. The summed E-state index contributed by atoms with van der Waals surface area (Å²) >= 11 is 0. The number of anilines is 2. The maximum atomic E-state index is 13.6. The van der Waals surface area contributed by atoms with Crippen molar-refractivity contribution in [1.82, 2.24) is 4.57 Å². The lowest BCUT2D eigenvalue weighted by molar-refractivity contribution is 0.0697. The zero-order chi connectivity index (χ0) is 22.2. The molecule has 2 aromatic carbocycles. The fourth-order valence-corrected chi connectivity index (χ4v) is 5.02. The van der Waals surface area contributed by atoms with E-state index in [0.717, 1.165) is 36.5 Å². The van der Waals surface area contributed by atoms with Crippen molar-refractivity contribution in [3.05, 3.63) is 93.7 Å². The fourth-order valence-electron chi connectivity index (χ4n) is 5.02. The summed E-state index contributed by atoms with van der Waals surface area (Å²) in [5.74, 6) is -0.709. The van der Waals surface area contributed by atoms with Crippen LogP contribution in [0.5, 0.6) is 0 Å². The molecule has 1 fully saturated rings. The Morgan fingerprint density at radius 1 is 1.06 bits per heavy atom. The van der Waals surface area contributed by atoms with E-state index in [4.69, 9.17) is 0 Å². The first-order chi connectivity index (χ1) is 15.5. The number of halogens is 1. The number of carboxylic acid groups (broad SMARTS) is 1. The van der Waals surface area contributed by atoms with E-state index in [1.807, 2.05) is 28.8 Å². The van der Waals surface area contributed by atoms with Crippen molar-refractivity contribution in [3.63, 3.8) is 0 Å². The lowest BCUT2D eigenvalue weighted by atomic mass is 9.83. The summed E-state index contributed by atoms with van der Waals surface area (Å²) in [6.45, 7) is 2.62. The Hall–Kier alpha value is -3.61. The van der Waals surface area contributed by atoms with Crippen LogP contribution in [0.15, 0.2) is 65.5 Å². The Balaban J connectivity index is 1.45. The Morgan fingerprint density at radius 3 is 2.72 bits per heavy atom. The fraction of sp³-hybridized carbons (Fsp3) is 0.280. The van der Waals surface area contributed by atoms with Gasteiger partial charge in [0.1, 0.15) is 5.82 Å². The first kappa shape index (κ1) is 20.3. The number of fused-ring (bicyclic) bond motifs is 4. The van der Waals surface area contributed by atoms with Crippen LogP contribution in [0, 0.1) is 11.7 Å². The van der Waals surface area contributed by atoms with Crippen LogP contribution in [-0.2, 0) is 13.1 Å². The average Bonchev–Trinajstić information content (AvgIpc) is 2.78. The molecule has 32 heavy (non-hydrogen) atoms. The number of aromatic carboxylic acids is 1. The van der Waals surface area contributed by atoms with Crippen molar-refractivity contribution in [1.29, 1.82) is 0 Å². The van der Waals surface area contributed by atoms with Gasteiger partial charge >= 0.3 is 5.97 Å². The van der Waals surface area contributed by atoms with Crippen LogP contribution in [0.2, 0.25) is 0 Å². The van der Waals surface area contributed by atoms with E-state index < -0.39 is 5.97 Å². The number of hydrogen-bond acceptors (Lipinski definition) is 4. The van der Waals surface area contributed by atoms with Gasteiger partial charge in [0, 0.05) is 43.9 Å². The highest BCUT2D eigenvalue weighted by Crippen LogP contribution is 2.39. The second kappa shape index (κ2) is 8.15. The Bertz CT molecular complexity index is 1240. The molecule has 7 heteroatoms. The molecule has 2 aliphatic heterocycles. The normalized spacial score (nSPS) is 19.3. The molecule has 2 aliphatic rings. The minimum absolute atomic E-state index is 0.0499. The van der Waals surface area contributed by atoms with Gasteiger partial charge in [-0.15, -0.1) is 0 Å². The molecule has 0 saturated carbocycles. The molecule has 1 saturated heterocycles. The van der Waals surface area contributed by atoms with E-state index in [0.29, 0.717) is 24.7 Å². The predicted octanol–water partition coefficient (Wildman–Crippen LogP) is 3.92. The van der Waals surface area contributed by atoms with E-state index in [2.05, 4.69) is 10.2 Å². The maximum Gasteiger partial charge on any atom is 0.335 e.